The van der Waals surface area contributed by atoms with Gasteiger partial charge in [0.05, 0.1) is 12.0 Å². The highest BCUT2D eigenvalue weighted by atomic mass is 35.5. The van der Waals surface area contributed by atoms with Crippen LogP contribution >= 0.6 is 47.2 Å². The Labute approximate surface area is 169 Å². The van der Waals surface area contributed by atoms with Crippen molar-refractivity contribution in [1.29, 1.82) is 0 Å². The van der Waals surface area contributed by atoms with Crippen molar-refractivity contribution in [3.63, 3.8) is 0 Å². The summed E-state index contributed by atoms with van der Waals surface area (Å²) in [5.41, 5.74) is 0.960. The molecule has 0 aromatic heterocycles. The smallest absolute Gasteiger partial charge is 0.273 e. The van der Waals surface area contributed by atoms with Crippen LogP contribution in [0.15, 0.2) is 47.4 Å². The SMILES string of the molecule is COc1ccc(C(=O)N2C(=O)/C(=C\c3ccc(Cl)cc3Cl)SC2=S)cc1. The summed E-state index contributed by atoms with van der Waals surface area (Å²) < 4.78 is 5.24. The predicted molar refractivity (Wildman–Crippen MR) is 109 cm³/mol. The number of halogens is 2. The number of ether oxygens (including phenoxy) is 1. The van der Waals surface area contributed by atoms with Crippen LogP contribution in [0.25, 0.3) is 6.08 Å². The summed E-state index contributed by atoms with van der Waals surface area (Å²) in [5, 5.41) is 0.902. The van der Waals surface area contributed by atoms with Crippen molar-refractivity contribution in [3.05, 3.63) is 68.5 Å². The quantitative estimate of drug-likeness (QED) is 0.392. The van der Waals surface area contributed by atoms with E-state index in [0.717, 1.165) is 16.7 Å². The van der Waals surface area contributed by atoms with Crippen molar-refractivity contribution in [2.45, 2.75) is 0 Å². The third-order valence-electron chi connectivity index (χ3n) is 3.58. The van der Waals surface area contributed by atoms with Gasteiger partial charge in [0.1, 0.15) is 5.75 Å². The Hall–Kier alpha value is -1.86. The molecule has 0 unspecified atom stereocenters. The summed E-state index contributed by atoms with van der Waals surface area (Å²) in [7, 11) is 1.53. The molecule has 0 atom stereocenters. The minimum Gasteiger partial charge on any atom is -0.497 e. The van der Waals surface area contributed by atoms with Gasteiger partial charge in [-0.15, -0.1) is 0 Å². The highest BCUT2D eigenvalue weighted by molar-refractivity contribution is 8.26. The fourth-order valence-electron chi connectivity index (χ4n) is 2.27. The molecule has 8 heteroatoms. The lowest BCUT2D eigenvalue weighted by Crippen LogP contribution is -2.34. The van der Waals surface area contributed by atoms with Gasteiger partial charge in [0, 0.05) is 15.6 Å². The summed E-state index contributed by atoms with van der Waals surface area (Å²) in [5.74, 6) is -0.350. The predicted octanol–water partition coefficient (Wildman–Crippen LogP) is 5.04. The van der Waals surface area contributed by atoms with Gasteiger partial charge in [-0.3, -0.25) is 9.59 Å². The minimum absolute atomic E-state index is 0.173. The second-order valence-corrected chi connectivity index (χ2v) is 7.74. The first kappa shape index (κ1) is 18.9. The van der Waals surface area contributed by atoms with E-state index in [4.69, 9.17) is 40.2 Å². The zero-order valence-corrected chi connectivity index (χ0v) is 16.5. The van der Waals surface area contributed by atoms with Crippen molar-refractivity contribution in [2.75, 3.05) is 7.11 Å². The molecule has 3 rings (SSSR count). The highest BCUT2D eigenvalue weighted by Gasteiger charge is 2.37. The first-order valence-electron chi connectivity index (χ1n) is 7.32. The Kier molecular flexibility index (Phi) is 5.67. The van der Waals surface area contributed by atoms with Gasteiger partial charge in [-0.25, -0.2) is 4.90 Å². The molecule has 2 aromatic carbocycles. The second kappa shape index (κ2) is 7.80. The Morgan fingerprint density at radius 1 is 1.19 bits per heavy atom. The van der Waals surface area contributed by atoms with E-state index in [1.165, 1.54) is 7.11 Å². The van der Waals surface area contributed by atoms with Crippen LogP contribution < -0.4 is 4.74 Å². The number of amides is 2. The number of thioether (sulfide) groups is 1. The zero-order valence-electron chi connectivity index (χ0n) is 13.4. The van der Waals surface area contributed by atoms with Crippen molar-refractivity contribution < 1.29 is 14.3 Å². The molecule has 0 saturated carbocycles. The highest BCUT2D eigenvalue weighted by Crippen LogP contribution is 2.35. The number of thiocarbonyl (C=S) groups is 1. The van der Waals surface area contributed by atoms with Crippen LogP contribution in [-0.4, -0.2) is 28.1 Å². The number of hydrogen-bond acceptors (Lipinski definition) is 5. The van der Waals surface area contributed by atoms with Gasteiger partial charge in [-0.1, -0.05) is 53.2 Å². The molecular weight excluding hydrogens is 413 g/mol. The largest absolute Gasteiger partial charge is 0.497 e. The topological polar surface area (TPSA) is 46.6 Å². The number of rotatable bonds is 3. The van der Waals surface area contributed by atoms with Crippen LogP contribution in [0.1, 0.15) is 15.9 Å². The molecular formula is C18H11Cl2NO3S2. The van der Waals surface area contributed by atoms with Gasteiger partial charge in [0.25, 0.3) is 11.8 Å². The summed E-state index contributed by atoms with van der Waals surface area (Å²) in [6, 6.07) is 11.4. The average molecular weight is 424 g/mol. The summed E-state index contributed by atoms with van der Waals surface area (Å²) in [4.78, 5) is 26.6. The zero-order chi connectivity index (χ0) is 18.8. The van der Waals surface area contributed by atoms with Gasteiger partial charge in [0.2, 0.25) is 0 Å². The molecule has 0 N–H and O–H groups in total. The molecule has 1 heterocycles. The number of methoxy groups -OCH3 is 1. The summed E-state index contributed by atoms with van der Waals surface area (Å²) in [6.07, 6.45) is 1.60. The van der Waals surface area contributed by atoms with Gasteiger partial charge < -0.3 is 4.74 Å². The summed E-state index contributed by atoms with van der Waals surface area (Å²) >= 11 is 18.3. The van der Waals surface area contributed by atoms with Crippen molar-refractivity contribution in [3.8, 4) is 5.75 Å². The fraction of sp³-hybridized carbons (Fsp3) is 0.0556. The molecule has 132 valence electrons. The van der Waals surface area contributed by atoms with Gasteiger partial charge in [-0.2, -0.15) is 0 Å². The number of carbonyl (C=O) groups excluding carboxylic acids is 2. The number of hydrogen-bond donors (Lipinski definition) is 0. The normalized spacial score (nSPS) is 15.7. The molecule has 0 aliphatic carbocycles. The molecule has 0 radical (unpaired) electrons. The lowest BCUT2D eigenvalue weighted by Gasteiger charge is -2.12. The van der Waals surface area contributed by atoms with E-state index >= 15 is 0 Å². The first-order valence-corrected chi connectivity index (χ1v) is 9.30. The van der Waals surface area contributed by atoms with Gasteiger partial charge in [-0.05, 0) is 48.0 Å². The second-order valence-electron chi connectivity index (χ2n) is 5.22. The van der Waals surface area contributed by atoms with Crippen LogP contribution in [0.5, 0.6) is 5.75 Å². The van der Waals surface area contributed by atoms with Crippen molar-refractivity contribution in [2.24, 2.45) is 0 Å². The van der Waals surface area contributed by atoms with Crippen LogP contribution in [0.4, 0.5) is 0 Å². The maximum atomic E-state index is 12.7. The van der Waals surface area contributed by atoms with Crippen molar-refractivity contribution in [1.82, 2.24) is 4.90 Å². The van der Waals surface area contributed by atoms with Gasteiger partial charge in [0.15, 0.2) is 4.32 Å². The van der Waals surface area contributed by atoms with E-state index in [-0.39, 0.29) is 4.32 Å². The van der Waals surface area contributed by atoms with E-state index in [1.807, 2.05) is 0 Å². The van der Waals surface area contributed by atoms with E-state index in [1.54, 1.807) is 48.5 Å². The number of imide groups is 1. The molecule has 4 nitrogen and oxygen atoms in total. The number of benzene rings is 2. The van der Waals surface area contributed by atoms with E-state index in [2.05, 4.69) is 0 Å². The van der Waals surface area contributed by atoms with Crippen molar-refractivity contribution >= 4 is 69.4 Å². The molecule has 26 heavy (non-hydrogen) atoms. The Balaban J connectivity index is 1.88. The number of nitrogens with zero attached hydrogens (tertiary/aromatic N) is 1. The molecule has 2 aromatic rings. The number of carbonyl (C=O) groups is 2. The lowest BCUT2D eigenvalue weighted by atomic mass is 10.2. The Bertz CT molecular complexity index is 942. The van der Waals surface area contributed by atoms with E-state index in [9.17, 15) is 9.59 Å². The Morgan fingerprint density at radius 3 is 2.50 bits per heavy atom. The van der Waals surface area contributed by atoms with Crippen LogP contribution in [0.2, 0.25) is 10.0 Å². The molecule has 2 amide bonds. The fourth-order valence-corrected chi connectivity index (χ4v) is 3.97. The van der Waals surface area contributed by atoms with E-state index < -0.39 is 11.8 Å². The van der Waals surface area contributed by atoms with Crippen LogP contribution in [0.3, 0.4) is 0 Å². The first-order chi connectivity index (χ1) is 12.4. The van der Waals surface area contributed by atoms with E-state index in [0.29, 0.717) is 31.8 Å². The third kappa shape index (κ3) is 3.78. The monoisotopic (exact) mass is 423 g/mol. The maximum Gasteiger partial charge on any atom is 0.273 e. The molecule has 1 aliphatic rings. The molecule has 0 spiro atoms. The molecule has 0 bridgehead atoms. The maximum absolute atomic E-state index is 12.7. The third-order valence-corrected chi connectivity index (χ3v) is 5.45. The molecule has 1 saturated heterocycles. The minimum atomic E-state index is -0.485. The molecule has 1 aliphatic heterocycles. The van der Waals surface area contributed by atoms with Gasteiger partial charge >= 0.3 is 0 Å². The van der Waals surface area contributed by atoms with Crippen LogP contribution in [0, 0.1) is 0 Å². The van der Waals surface area contributed by atoms with Crippen LogP contribution in [-0.2, 0) is 4.79 Å². The average Bonchev–Trinajstić information content (AvgIpc) is 2.90. The lowest BCUT2D eigenvalue weighted by molar-refractivity contribution is -0.120. The summed E-state index contributed by atoms with van der Waals surface area (Å²) in [6.45, 7) is 0. The molecule has 1 fully saturated rings. The standard InChI is InChI=1S/C18H11Cl2NO3S2/c1-24-13-6-3-10(4-7-13)16(22)21-17(23)15(26-18(21)25)8-11-2-5-12(19)9-14(11)20/h2-9H,1H3/b15-8+. The Morgan fingerprint density at radius 2 is 1.88 bits per heavy atom.